The highest BCUT2D eigenvalue weighted by Crippen LogP contribution is 2.24. The van der Waals surface area contributed by atoms with Crippen LogP contribution in [0.3, 0.4) is 0 Å². The molecule has 0 fully saturated rings. The average Bonchev–Trinajstić information content (AvgIpc) is 2.34. The highest BCUT2D eigenvalue weighted by molar-refractivity contribution is 7.10. The molecule has 0 aliphatic carbocycles. The Balaban J connectivity index is 2.74. The van der Waals surface area contributed by atoms with Gasteiger partial charge in [-0.1, -0.05) is 0 Å². The maximum atomic E-state index is 10.8. The van der Waals surface area contributed by atoms with E-state index in [0.29, 0.717) is 6.42 Å². The number of hydrogen-bond acceptors (Lipinski definition) is 2. The van der Waals surface area contributed by atoms with Crippen LogP contribution in [0.4, 0.5) is 0 Å². The predicted molar refractivity (Wildman–Crippen MR) is 54.2 cm³/mol. The van der Waals surface area contributed by atoms with Crippen molar-refractivity contribution in [2.45, 2.75) is 27.2 Å². The number of aliphatic carboxylic acids is 1. The smallest absolute Gasteiger partial charge is 0.309 e. The van der Waals surface area contributed by atoms with Crippen molar-refractivity contribution in [2.24, 2.45) is 5.41 Å². The van der Waals surface area contributed by atoms with Crippen LogP contribution >= 0.6 is 11.3 Å². The molecule has 0 aliphatic heterocycles. The van der Waals surface area contributed by atoms with Crippen LogP contribution in [0.5, 0.6) is 0 Å². The quantitative estimate of drug-likeness (QED) is 0.810. The van der Waals surface area contributed by atoms with Crippen LogP contribution in [0.25, 0.3) is 0 Å². The molecule has 0 aromatic carbocycles. The molecule has 1 heterocycles. The molecule has 1 aromatic heterocycles. The van der Waals surface area contributed by atoms with Crippen molar-refractivity contribution in [3.05, 3.63) is 21.9 Å². The van der Waals surface area contributed by atoms with Gasteiger partial charge >= 0.3 is 5.97 Å². The van der Waals surface area contributed by atoms with E-state index in [1.807, 2.05) is 12.3 Å². The molecule has 1 aromatic rings. The lowest BCUT2D eigenvalue weighted by molar-refractivity contribution is -0.146. The molecule has 0 bridgehead atoms. The number of rotatable bonds is 3. The molecule has 3 heteroatoms. The second-order valence-electron chi connectivity index (χ2n) is 3.93. The third kappa shape index (κ3) is 2.56. The Kier molecular flexibility index (Phi) is 2.76. The van der Waals surface area contributed by atoms with E-state index in [9.17, 15) is 4.79 Å². The van der Waals surface area contributed by atoms with Crippen molar-refractivity contribution in [1.29, 1.82) is 0 Å². The Morgan fingerprint density at radius 1 is 1.62 bits per heavy atom. The third-order valence-corrected chi connectivity index (χ3v) is 2.92. The minimum atomic E-state index is -0.739. The normalized spacial score (nSPS) is 11.6. The lowest BCUT2D eigenvalue weighted by Crippen LogP contribution is -2.25. The van der Waals surface area contributed by atoms with E-state index in [0.717, 1.165) is 5.56 Å². The first-order chi connectivity index (χ1) is 5.92. The Morgan fingerprint density at radius 3 is 2.62 bits per heavy atom. The summed E-state index contributed by atoms with van der Waals surface area (Å²) in [6.45, 7) is 5.53. The summed E-state index contributed by atoms with van der Waals surface area (Å²) in [5, 5.41) is 10.9. The minimum Gasteiger partial charge on any atom is -0.481 e. The van der Waals surface area contributed by atoms with Gasteiger partial charge in [-0.25, -0.2) is 0 Å². The third-order valence-electron chi connectivity index (χ3n) is 2.01. The van der Waals surface area contributed by atoms with Gasteiger partial charge in [0.05, 0.1) is 5.41 Å². The van der Waals surface area contributed by atoms with E-state index >= 15 is 0 Å². The summed E-state index contributed by atoms with van der Waals surface area (Å²) in [6.07, 6.45) is 0.604. The second-order valence-corrected chi connectivity index (χ2v) is 5.05. The molecule has 0 amide bonds. The van der Waals surface area contributed by atoms with Gasteiger partial charge in [-0.3, -0.25) is 4.79 Å². The molecule has 0 radical (unpaired) electrons. The summed E-state index contributed by atoms with van der Waals surface area (Å²) >= 11 is 1.66. The van der Waals surface area contributed by atoms with Crippen LogP contribution < -0.4 is 0 Å². The van der Waals surface area contributed by atoms with Crippen molar-refractivity contribution >= 4 is 17.3 Å². The molecule has 0 atom stereocenters. The molecule has 1 rings (SSSR count). The van der Waals surface area contributed by atoms with E-state index in [4.69, 9.17) is 5.11 Å². The summed E-state index contributed by atoms with van der Waals surface area (Å²) in [5.74, 6) is -0.739. The highest BCUT2D eigenvalue weighted by Gasteiger charge is 2.27. The van der Waals surface area contributed by atoms with Gasteiger partial charge in [0.1, 0.15) is 0 Å². The van der Waals surface area contributed by atoms with Gasteiger partial charge in [0, 0.05) is 4.88 Å². The van der Waals surface area contributed by atoms with E-state index in [-0.39, 0.29) is 0 Å². The van der Waals surface area contributed by atoms with Crippen molar-refractivity contribution in [3.8, 4) is 0 Å². The Labute approximate surface area is 82.2 Å². The summed E-state index contributed by atoms with van der Waals surface area (Å²) in [7, 11) is 0. The fourth-order valence-corrected chi connectivity index (χ4v) is 1.88. The van der Waals surface area contributed by atoms with E-state index < -0.39 is 11.4 Å². The minimum absolute atomic E-state index is 0.604. The fourth-order valence-electron chi connectivity index (χ4n) is 1.18. The standard InChI is InChI=1S/C10H14O2S/c1-7-4-8(6-13-7)5-10(2,3)9(11)12/h4,6H,5H2,1-3H3,(H,11,12). The van der Waals surface area contributed by atoms with Gasteiger partial charge in [-0.2, -0.15) is 0 Å². The van der Waals surface area contributed by atoms with Crippen molar-refractivity contribution in [3.63, 3.8) is 0 Å². The predicted octanol–water partition coefficient (Wildman–Crippen LogP) is 2.71. The molecule has 0 saturated heterocycles. The summed E-state index contributed by atoms with van der Waals surface area (Å²) in [5.41, 5.74) is 0.461. The lowest BCUT2D eigenvalue weighted by Gasteiger charge is -2.17. The summed E-state index contributed by atoms with van der Waals surface area (Å²) in [4.78, 5) is 12.1. The zero-order valence-corrected chi connectivity index (χ0v) is 8.94. The molecule has 0 spiro atoms. The largest absolute Gasteiger partial charge is 0.481 e. The molecule has 72 valence electrons. The molecule has 0 saturated carbocycles. The van der Waals surface area contributed by atoms with Crippen LogP contribution in [0, 0.1) is 12.3 Å². The number of aryl methyl sites for hydroxylation is 1. The molecule has 13 heavy (non-hydrogen) atoms. The van der Waals surface area contributed by atoms with E-state index in [2.05, 4.69) is 6.07 Å². The first-order valence-corrected chi connectivity index (χ1v) is 5.07. The van der Waals surface area contributed by atoms with Gasteiger partial charge in [-0.05, 0) is 44.2 Å². The summed E-state index contributed by atoms with van der Waals surface area (Å²) in [6, 6.07) is 2.05. The first kappa shape index (κ1) is 10.3. The van der Waals surface area contributed by atoms with Crippen molar-refractivity contribution < 1.29 is 9.90 Å². The Bertz CT molecular complexity index is 312. The average molecular weight is 198 g/mol. The van der Waals surface area contributed by atoms with Crippen LogP contribution in [0.1, 0.15) is 24.3 Å². The Morgan fingerprint density at radius 2 is 2.23 bits per heavy atom. The van der Waals surface area contributed by atoms with Crippen molar-refractivity contribution in [2.75, 3.05) is 0 Å². The molecule has 0 aliphatic rings. The van der Waals surface area contributed by atoms with Crippen molar-refractivity contribution in [1.82, 2.24) is 0 Å². The second kappa shape index (κ2) is 3.50. The topological polar surface area (TPSA) is 37.3 Å². The van der Waals surface area contributed by atoms with Crippen LogP contribution in [-0.2, 0) is 11.2 Å². The van der Waals surface area contributed by atoms with E-state index in [1.54, 1.807) is 25.2 Å². The fraction of sp³-hybridized carbons (Fsp3) is 0.500. The molecular formula is C10H14O2S. The molecule has 0 unspecified atom stereocenters. The van der Waals surface area contributed by atoms with Gasteiger partial charge in [0.2, 0.25) is 0 Å². The maximum Gasteiger partial charge on any atom is 0.309 e. The highest BCUT2D eigenvalue weighted by atomic mass is 32.1. The van der Waals surface area contributed by atoms with Crippen LogP contribution in [0.2, 0.25) is 0 Å². The number of thiophene rings is 1. The Hall–Kier alpha value is -0.830. The number of hydrogen-bond donors (Lipinski definition) is 1. The molecular weight excluding hydrogens is 184 g/mol. The zero-order chi connectivity index (χ0) is 10.1. The van der Waals surface area contributed by atoms with Gasteiger partial charge < -0.3 is 5.11 Å². The van der Waals surface area contributed by atoms with Gasteiger partial charge in [0.15, 0.2) is 0 Å². The van der Waals surface area contributed by atoms with Gasteiger partial charge in [-0.15, -0.1) is 11.3 Å². The molecule has 1 N–H and O–H groups in total. The summed E-state index contributed by atoms with van der Waals surface area (Å²) < 4.78 is 0. The number of carboxylic acid groups (broad SMARTS) is 1. The van der Waals surface area contributed by atoms with Gasteiger partial charge in [0.25, 0.3) is 0 Å². The number of carboxylic acids is 1. The van der Waals surface area contributed by atoms with Crippen LogP contribution in [0.15, 0.2) is 11.4 Å². The SMILES string of the molecule is Cc1cc(CC(C)(C)C(=O)O)cs1. The van der Waals surface area contributed by atoms with E-state index in [1.165, 1.54) is 4.88 Å². The number of carbonyl (C=O) groups is 1. The zero-order valence-electron chi connectivity index (χ0n) is 8.13. The van der Waals surface area contributed by atoms with Crippen LogP contribution in [-0.4, -0.2) is 11.1 Å². The maximum absolute atomic E-state index is 10.8. The first-order valence-electron chi connectivity index (χ1n) is 4.19. The lowest BCUT2D eigenvalue weighted by atomic mass is 9.87. The monoisotopic (exact) mass is 198 g/mol. The molecule has 2 nitrogen and oxygen atoms in total.